The van der Waals surface area contributed by atoms with Gasteiger partial charge < -0.3 is 16.4 Å². The van der Waals surface area contributed by atoms with E-state index in [-0.39, 0.29) is 24.2 Å². The summed E-state index contributed by atoms with van der Waals surface area (Å²) >= 11 is 0. The lowest BCUT2D eigenvalue weighted by Gasteiger charge is -2.19. The molecule has 1 aliphatic heterocycles. The Kier molecular flexibility index (Phi) is 7.68. The second-order valence-electron chi connectivity index (χ2n) is 7.75. The van der Waals surface area contributed by atoms with Crippen LogP contribution < -0.4 is 16.4 Å². The summed E-state index contributed by atoms with van der Waals surface area (Å²) in [5.74, 6) is -5.01. The fourth-order valence-corrected chi connectivity index (χ4v) is 3.67. The number of allylic oxidation sites excluding steroid dienone is 1. The van der Waals surface area contributed by atoms with Gasteiger partial charge in [-0.25, -0.2) is 13.2 Å². The average molecular weight is 469 g/mol. The maximum absolute atomic E-state index is 14.4. The third kappa shape index (κ3) is 5.61. The topological polar surface area (TPSA) is 120 Å². The van der Waals surface area contributed by atoms with Crippen molar-refractivity contribution in [1.82, 2.24) is 5.32 Å². The van der Waals surface area contributed by atoms with Crippen molar-refractivity contribution >= 4 is 23.7 Å². The van der Waals surface area contributed by atoms with Crippen LogP contribution >= 0.6 is 0 Å². The second-order valence-corrected chi connectivity index (χ2v) is 7.75. The Hall–Kier alpha value is -4.13. The second kappa shape index (κ2) is 10.7. The van der Waals surface area contributed by atoms with Crippen LogP contribution in [-0.2, 0) is 16.1 Å². The molecule has 0 bridgehead atoms. The zero-order chi connectivity index (χ0) is 24.8. The Balaban J connectivity index is 1.72. The SMILES string of the molecule is CC[C@H]1C[C@@H](NC(=O)C(N)=C(F)C=NCc2cccc(C#N)c2)C(=O)Nc2c(F)cc(F)cc21. The molecule has 0 saturated carbocycles. The molecule has 2 amide bonds. The van der Waals surface area contributed by atoms with Crippen LogP contribution in [0.5, 0.6) is 0 Å². The van der Waals surface area contributed by atoms with Gasteiger partial charge in [0.2, 0.25) is 5.91 Å². The third-order valence-electron chi connectivity index (χ3n) is 5.44. The van der Waals surface area contributed by atoms with Crippen molar-refractivity contribution in [2.75, 3.05) is 5.32 Å². The number of hydrogen-bond acceptors (Lipinski definition) is 5. The summed E-state index contributed by atoms with van der Waals surface area (Å²) in [6.45, 7) is 1.84. The van der Waals surface area contributed by atoms with Crippen molar-refractivity contribution in [3.63, 3.8) is 0 Å². The standard InChI is InChI=1S/C24H22F3N5O2/c1-2-15-7-20(23(33)32-22-17(15)8-16(25)9-18(22)26)31-24(34)21(29)19(27)12-30-11-14-5-3-4-13(6-14)10-28/h3-6,8-9,12,15,20H,2,7,11,29H2,1H3,(H,31,34)(H,32,33)/t15-,20+/m0/s1. The summed E-state index contributed by atoms with van der Waals surface area (Å²) in [7, 11) is 0. The van der Waals surface area contributed by atoms with Crippen molar-refractivity contribution in [1.29, 1.82) is 5.26 Å². The van der Waals surface area contributed by atoms with E-state index in [0.717, 1.165) is 12.3 Å². The number of aliphatic imine (C=N–C) groups is 1. The molecule has 2 aromatic rings. The van der Waals surface area contributed by atoms with Crippen molar-refractivity contribution in [2.24, 2.45) is 10.7 Å². The van der Waals surface area contributed by atoms with Crippen molar-refractivity contribution in [3.05, 3.63) is 76.2 Å². The Morgan fingerprint density at radius 2 is 2.12 bits per heavy atom. The van der Waals surface area contributed by atoms with E-state index in [1.807, 2.05) is 6.07 Å². The first-order valence-corrected chi connectivity index (χ1v) is 10.5. The largest absolute Gasteiger partial charge is 0.392 e. The number of hydrogen-bond donors (Lipinski definition) is 3. The van der Waals surface area contributed by atoms with Gasteiger partial charge in [-0.2, -0.15) is 5.26 Å². The highest BCUT2D eigenvalue weighted by molar-refractivity contribution is 6.03. The van der Waals surface area contributed by atoms with Gasteiger partial charge >= 0.3 is 0 Å². The molecule has 0 fully saturated rings. The van der Waals surface area contributed by atoms with E-state index in [1.54, 1.807) is 31.2 Å². The molecule has 0 unspecified atom stereocenters. The van der Waals surface area contributed by atoms with Crippen molar-refractivity contribution in [2.45, 2.75) is 38.3 Å². The fraction of sp³-hybridized carbons (Fsp3) is 0.250. The van der Waals surface area contributed by atoms with Crippen LogP contribution in [0.25, 0.3) is 0 Å². The minimum atomic E-state index is -1.15. The zero-order valence-electron chi connectivity index (χ0n) is 18.2. The van der Waals surface area contributed by atoms with Crippen LogP contribution in [0.2, 0.25) is 0 Å². The van der Waals surface area contributed by atoms with Crippen LogP contribution in [0.15, 0.2) is 52.9 Å². The number of rotatable bonds is 6. The molecule has 10 heteroatoms. The molecule has 0 aromatic heterocycles. The predicted molar refractivity (Wildman–Crippen MR) is 120 cm³/mol. The highest BCUT2D eigenvalue weighted by Crippen LogP contribution is 2.36. The Bertz CT molecular complexity index is 1220. The van der Waals surface area contributed by atoms with Gasteiger partial charge in [0.05, 0.1) is 30.1 Å². The number of nitriles is 1. The van der Waals surface area contributed by atoms with Gasteiger partial charge in [0.1, 0.15) is 23.4 Å². The number of halogens is 3. The number of anilines is 1. The molecule has 1 heterocycles. The van der Waals surface area contributed by atoms with E-state index in [0.29, 0.717) is 23.6 Å². The van der Waals surface area contributed by atoms with Gasteiger partial charge in [0, 0.05) is 6.07 Å². The average Bonchev–Trinajstić information content (AvgIpc) is 2.95. The highest BCUT2D eigenvalue weighted by atomic mass is 19.1. The number of nitrogens with two attached hydrogens (primary N) is 1. The maximum atomic E-state index is 14.4. The minimum absolute atomic E-state index is 0.0438. The van der Waals surface area contributed by atoms with E-state index < -0.39 is 46.9 Å². The fourth-order valence-electron chi connectivity index (χ4n) is 3.67. The summed E-state index contributed by atoms with van der Waals surface area (Å²) in [6.07, 6.45) is 1.27. The summed E-state index contributed by atoms with van der Waals surface area (Å²) in [4.78, 5) is 29.0. The number of nitrogens with one attached hydrogen (secondary N) is 2. The lowest BCUT2D eigenvalue weighted by molar-refractivity contribution is -0.124. The first-order chi connectivity index (χ1) is 16.2. The van der Waals surface area contributed by atoms with Crippen molar-refractivity contribution < 1.29 is 22.8 Å². The van der Waals surface area contributed by atoms with Crippen LogP contribution in [-0.4, -0.2) is 24.1 Å². The van der Waals surface area contributed by atoms with Crippen LogP contribution in [0.3, 0.4) is 0 Å². The minimum Gasteiger partial charge on any atom is -0.392 e. The van der Waals surface area contributed by atoms with Gasteiger partial charge in [-0.15, -0.1) is 0 Å². The van der Waals surface area contributed by atoms with Crippen LogP contribution in [0.4, 0.5) is 18.9 Å². The van der Waals surface area contributed by atoms with E-state index >= 15 is 0 Å². The summed E-state index contributed by atoms with van der Waals surface area (Å²) in [5.41, 5.74) is 6.05. The first-order valence-electron chi connectivity index (χ1n) is 10.5. The Morgan fingerprint density at radius 1 is 1.35 bits per heavy atom. The smallest absolute Gasteiger partial charge is 0.270 e. The molecule has 4 N–H and O–H groups in total. The van der Waals surface area contributed by atoms with Crippen LogP contribution in [0.1, 0.15) is 42.4 Å². The third-order valence-corrected chi connectivity index (χ3v) is 5.44. The molecular weight excluding hydrogens is 447 g/mol. The molecular formula is C24H22F3N5O2. The molecule has 3 rings (SSSR count). The number of benzene rings is 2. The molecule has 2 atom stereocenters. The molecule has 1 aliphatic rings. The number of fused-ring (bicyclic) bond motifs is 1. The van der Waals surface area contributed by atoms with Gasteiger partial charge in [0.25, 0.3) is 5.91 Å². The number of amides is 2. The zero-order valence-corrected chi connectivity index (χ0v) is 18.2. The van der Waals surface area contributed by atoms with Gasteiger partial charge in [0.15, 0.2) is 5.83 Å². The number of carbonyl (C=O) groups excluding carboxylic acids is 2. The van der Waals surface area contributed by atoms with E-state index in [4.69, 9.17) is 11.0 Å². The van der Waals surface area contributed by atoms with Crippen LogP contribution in [0, 0.1) is 23.0 Å². The number of nitrogens with zero attached hydrogens (tertiary/aromatic N) is 2. The van der Waals surface area contributed by atoms with Crippen molar-refractivity contribution in [3.8, 4) is 6.07 Å². The molecule has 0 spiro atoms. The van der Waals surface area contributed by atoms with E-state index in [2.05, 4.69) is 15.6 Å². The maximum Gasteiger partial charge on any atom is 0.270 e. The molecule has 0 saturated heterocycles. The lowest BCUT2D eigenvalue weighted by Crippen LogP contribution is -2.45. The quantitative estimate of drug-likeness (QED) is 0.442. The normalized spacial score (nSPS) is 18.4. The molecule has 0 aliphatic carbocycles. The highest BCUT2D eigenvalue weighted by Gasteiger charge is 2.32. The van der Waals surface area contributed by atoms with Gasteiger partial charge in [-0.05, 0) is 48.1 Å². The van der Waals surface area contributed by atoms with Gasteiger partial charge in [-0.1, -0.05) is 19.1 Å². The lowest BCUT2D eigenvalue weighted by atomic mass is 9.90. The van der Waals surface area contributed by atoms with E-state index in [9.17, 15) is 22.8 Å². The summed E-state index contributed by atoms with van der Waals surface area (Å²) < 4.78 is 42.4. The molecule has 176 valence electrons. The summed E-state index contributed by atoms with van der Waals surface area (Å²) in [5, 5.41) is 13.6. The van der Waals surface area contributed by atoms with Gasteiger partial charge in [-0.3, -0.25) is 14.6 Å². The molecule has 7 nitrogen and oxygen atoms in total. The predicted octanol–water partition coefficient (Wildman–Crippen LogP) is 3.57. The molecule has 0 radical (unpaired) electrons. The molecule has 2 aromatic carbocycles. The monoisotopic (exact) mass is 469 g/mol. The molecule has 34 heavy (non-hydrogen) atoms. The Labute approximate surface area is 194 Å². The van der Waals surface area contributed by atoms with E-state index in [1.165, 1.54) is 0 Å². The summed E-state index contributed by atoms with van der Waals surface area (Å²) in [6, 6.07) is 9.23. The Morgan fingerprint density at radius 3 is 2.82 bits per heavy atom. The number of carbonyl (C=O) groups is 2. The first kappa shape index (κ1) is 24.5.